The lowest BCUT2D eigenvalue weighted by Crippen LogP contribution is -2.55. The molecule has 0 aromatic carbocycles. The highest BCUT2D eigenvalue weighted by atomic mass is 32.1. The average Bonchev–Trinajstić information content (AvgIpc) is 3.19. The lowest BCUT2D eigenvalue weighted by atomic mass is 9.85. The average molecular weight is 380 g/mol. The molecule has 0 saturated heterocycles. The Morgan fingerprint density at radius 2 is 2.20 bits per heavy atom. The largest absolute Gasteiger partial charge is 0.480 e. The van der Waals surface area contributed by atoms with E-state index in [2.05, 4.69) is 10.3 Å². The number of rotatable bonds is 8. The molecule has 134 valence electrons. The molecule has 2 heterocycles. The van der Waals surface area contributed by atoms with E-state index in [0.29, 0.717) is 6.54 Å². The van der Waals surface area contributed by atoms with Crippen molar-refractivity contribution in [1.29, 1.82) is 0 Å². The van der Waals surface area contributed by atoms with E-state index in [-0.39, 0.29) is 31.0 Å². The second-order valence-electron chi connectivity index (χ2n) is 6.14. The Morgan fingerprint density at radius 3 is 2.84 bits per heavy atom. The minimum Gasteiger partial charge on any atom is -0.480 e. The molecular formula is C17H21N3O3S2. The van der Waals surface area contributed by atoms with Crippen molar-refractivity contribution in [2.75, 3.05) is 13.1 Å². The molecule has 2 aromatic heterocycles. The van der Waals surface area contributed by atoms with Crippen molar-refractivity contribution < 1.29 is 14.7 Å². The Bertz CT molecular complexity index is 723. The van der Waals surface area contributed by atoms with Gasteiger partial charge in [0, 0.05) is 17.5 Å². The van der Waals surface area contributed by atoms with Gasteiger partial charge in [0.15, 0.2) is 0 Å². The van der Waals surface area contributed by atoms with E-state index >= 15 is 0 Å². The van der Waals surface area contributed by atoms with E-state index in [0.717, 1.165) is 28.4 Å². The number of carboxylic acids is 1. The molecule has 2 N–H and O–H groups in total. The maximum absolute atomic E-state index is 12.2. The van der Waals surface area contributed by atoms with Gasteiger partial charge >= 0.3 is 5.97 Å². The van der Waals surface area contributed by atoms with Crippen molar-refractivity contribution in [1.82, 2.24) is 15.2 Å². The summed E-state index contributed by atoms with van der Waals surface area (Å²) in [5.41, 5.74) is 0.794. The quantitative estimate of drug-likeness (QED) is 0.736. The number of aliphatic carboxylic acids is 1. The van der Waals surface area contributed by atoms with Crippen molar-refractivity contribution in [2.45, 2.75) is 38.3 Å². The van der Waals surface area contributed by atoms with Gasteiger partial charge in [-0.1, -0.05) is 13.0 Å². The fourth-order valence-corrected chi connectivity index (χ4v) is 4.66. The van der Waals surface area contributed by atoms with Crippen LogP contribution in [-0.4, -0.2) is 52.0 Å². The Balaban J connectivity index is 1.44. The third kappa shape index (κ3) is 4.65. The maximum atomic E-state index is 12.2. The van der Waals surface area contributed by atoms with Gasteiger partial charge in [-0.25, -0.2) is 4.98 Å². The molecule has 0 aliphatic heterocycles. The number of aromatic nitrogens is 1. The summed E-state index contributed by atoms with van der Waals surface area (Å²) in [5, 5.41) is 16.8. The van der Waals surface area contributed by atoms with Crippen molar-refractivity contribution in [3.63, 3.8) is 0 Å². The summed E-state index contributed by atoms with van der Waals surface area (Å²) in [6.07, 6.45) is 1.91. The number of thiophene rings is 1. The van der Waals surface area contributed by atoms with Crippen LogP contribution in [0.4, 0.5) is 0 Å². The number of nitrogens with zero attached hydrogens (tertiary/aromatic N) is 2. The number of nitrogens with one attached hydrogen (secondary N) is 1. The Kier molecular flexibility index (Phi) is 5.82. The van der Waals surface area contributed by atoms with Crippen LogP contribution in [0.25, 0.3) is 9.88 Å². The van der Waals surface area contributed by atoms with Crippen molar-refractivity contribution in [3.05, 3.63) is 28.6 Å². The Morgan fingerprint density at radius 1 is 1.40 bits per heavy atom. The molecule has 1 fully saturated rings. The van der Waals surface area contributed by atoms with E-state index < -0.39 is 5.97 Å². The second-order valence-corrected chi connectivity index (χ2v) is 7.95. The van der Waals surface area contributed by atoms with Crippen LogP contribution in [0.15, 0.2) is 22.9 Å². The smallest absolute Gasteiger partial charge is 0.317 e. The molecule has 1 aliphatic carbocycles. The summed E-state index contributed by atoms with van der Waals surface area (Å²) in [5.74, 6) is -0.827. The standard InChI is InChI=1S/C17H21N3O3S2/c1-2-20(9-16(22)23)13-6-11(7-13)18-15(21)8-12-10-25-17(19-12)14-4-3-5-24-14/h3-5,10-11,13H,2,6-9H2,1H3,(H,18,21)(H,22,23). The molecule has 0 atom stereocenters. The van der Waals surface area contributed by atoms with Crippen LogP contribution >= 0.6 is 22.7 Å². The number of hydrogen-bond donors (Lipinski definition) is 2. The maximum Gasteiger partial charge on any atom is 0.317 e. The van der Waals surface area contributed by atoms with Crippen molar-refractivity contribution in [2.24, 2.45) is 0 Å². The highest BCUT2D eigenvalue weighted by Gasteiger charge is 2.34. The third-order valence-corrected chi connectivity index (χ3v) is 6.29. The van der Waals surface area contributed by atoms with E-state index in [4.69, 9.17) is 5.11 Å². The first-order chi connectivity index (χ1) is 12.0. The van der Waals surface area contributed by atoms with Gasteiger partial charge in [-0.15, -0.1) is 22.7 Å². The van der Waals surface area contributed by atoms with Gasteiger partial charge in [-0.05, 0) is 30.8 Å². The summed E-state index contributed by atoms with van der Waals surface area (Å²) < 4.78 is 0. The van der Waals surface area contributed by atoms with Gasteiger partial charge in [0.2, 0.25) is 5.91 Å². The predicted octanol–water partition coefficient (Wildman–Crippen LogP) is 2.47. The minimum atomic E-state index is -0.806. The third-order valence-electron chi connectivity index (χ3n) is 4.36. The van der Waals surface area contributed by atoms with Gasteiger partial charge in [0.05, 0.1) is 23.5 Å². The predicted molar refractivity (Wildman–Crippen MR) is 99.0 cm³/mol. The van der Waals surface area contributed by atoms with Crippen molar-refractivity contribution in [3.8, 4) is 9.88 Å². The topological polar surface area (TPSA) is 82.5 Å². The number of hydrogen-bond acceptors (Lipinski definition) is 6. The van der Waals surface area contributed by atoms with Crippen LogP contribution in [0.1, 0.15) is 25.5 Å². The molecule has 3 rings (SSSR count). The second kappa shape index (κ2) is 8.07. The van der Waals surface area contributed by atoms with Crippen LogP contribution in [0.2, 0.25) is 0 Å². The Hall–Kier alpha value is -1.77. The normalized spacial score (nSPS) is 19.6. The van der Waals surface area contributed by atoms with E-state index in [1.807, 2.05) is 34.7 Å². The first-order valence-electron chi connectivity index (χ1n) is 8.28. The SMILES string of the molecule is CCN(CC(=O)O)C1CC(NC(=O)Cc2csc(-c3cccs3)n2)C1. The fourth-order valence-electron chi connectivity index (χ4n) is 3.02. The lowest BCUT2D eigenvalue weighted by Gasteiger charge is -2.42. The molecule has 1 amide bonds. The molecule has 1 saturated carbocycles. The first-order valence-corrected chi connectivity index (χ1v) is 10.0. The number of likely N-dealkylation sites (N-methyl/N-ethyl adjacent to an activating group) is 1. The minimum absolute atomic E-state index is 0.0206. The fraction of sp³-hybridized carbons (Fsp3) is 0.471. The van der Waals surface area contributed by atoms with Crippen molar-refractivity contribution >= 4 is 34.6 Å². The van der Waals surface area contributed by atoms with Crippen LogP contribution in [0.5, 0.6) is 0 Å². The molecule has 8 heteroatoms. The van der Waals surface area contributed by atoms with Crippen LogP contribution in [0.3, 0.4) is 0 Å². The number of carbonyl (C=O) groups excluding carboxylic acids is 1. The van der Waals surface area contributed by atoms with Gasteiger partial charge < -0.3 is 10.4 Å². The summed E-state index contributed by atoms with van der Waals surface area (Å²) in [4.78, 5) is 30.6. The zero-order chi connectivity index (χ0) is 17.8. The molecule has 0 bridgehead atoms. The molecule has 25 heavy (non-hydrogen) atoms. The molecule has 0 spiro atoms. The number of carbonyl (C=O) groups is 2. The lowest BCUT2D eigenvalue weighted by molar-refractivity contribution is -0.139. The Labute approximate surface area is 154 Å². The molecular weight excluding hydrogens is 358 g/mol. The van der Waals surface area contributed by atoms with Crippen LogP contribution in [-0.2, 0) is 16.0 Å². The van der Waals surface area contributed by atoms with Crippen LogP contribution in [0, 0.1) is 0 Å². The number of thiazole rings is 1. The molecule has 2 aromatic rings. The molecule has 0 radical (unpaired) electrons. The van der Waals surface area contributed by atoms with Gasteiger partial charge in [0.25, 0.3) is 0 Å². The highest BCUT2D eigenvalue weighted by molar-refractivity contribution is 7.20. The first kappa shape index (κ1) is 18.0. The zero-order valence-corrected chi connectivity index (χ0v) is 15.6. The molecule has 0 unspecified atom stereocenters. The van der Waals surface area contributed by atoms with Gasteiger partial charge in [0.1, 0.15) is 5.01 Å². The van der Waals surface area contributed by atoms with E-state index in [9.17, 15) is 9.59 Å². The van der Waals surface area contributed by atoms with Gasteiger partial charge in [-0.3, -0.25) is 14.5 Å². The van der Waals surface area contributed by atoms with E-state index in [1.54, 1.807) is 22.7 Å². The molecule has 6 nitrogen and oxygen atoms in total. The summed E-state index contributed by atoms with van der Waals surface area (Å²) in [6, 6.07) is 4.40. The van der Waals surface area contributed by atoms with Gasteiger partial charge in [-0.2, -0.15) is 0 Å². The number of carboxylic acid groups (broad SMARTS) is 1. The summed E-state index contributed by atoms with van der Waals surface area (Å²) in [6.45, 7) is 2.73. The van der Waals surface area contributed by atoms with E-state index in [1.165, 1.54) is 0 Å². The monoisotopic (exact) mass is 379 g/mol. The zero-order valence-electron chi connectivity index (χ0n) is 14.0. The van der Waals surface area contributed by atoms with Crippen LogP contribution < -0.4 is 5.32 Å². The highest BCUT2D eigenvalue weighted by Crippen LogP contribution is 2.28. The summed E-state index contributed by atoms with van der Waals surface area (Å²) >= 11 is 3.20. The summed E-state index contributed by atoms with van der Waals surface area (Å²) in [7, 11) is 0. The molecule has 1 aliphatic rings. The number of amides is 1.